The van der Waals surface area contributed by atoms with Crippen molar-refractivity contribution < 1.29 is 19.4 Å². The van der Waals surface area contributed by atoms with Crippen molar-refractivity contribution >= 4 is 5.97 Å². The van der Waals surface area contributed by atoms with E-state index < -0.39 is 12.0 Å². The molecule has 0 unspecified atom stereocenters. The summed E-state index contributed by atoms with van der Waals surface area (Å²) in [5.41, 5.74) is 0.963. The third kappa shape index (κ3) is 5.63. The highest BCUT2D eigenvalue weighted by Crippen LogP contribution is 2.28. The topological polar surface area (TPSA) is 67.8 Å². The average molecular weight is 295 g/mol. The molecule has 1 atom stereocenters. The van der Waals surface area contributed by atoms with Crippen LogP contribution in [0, 0.1) is 5.92 Å². The summed E-state index contributed by atoms with van der Waals surface area (Å²) in [5, 5.41) is 12.3. The summed E-state index contributed by atoms with van der Waals surface area (Å²) in [7, 11) is 1.59. The molecule has 0 saturated heterocycles. The average Bonchev–Trinajstić information content (AvgIpc) is 2.44. The van der Waals surface area contributed by atoms with Gasteiger partial charge in [0.2, 0.25) is 0 Å². The zero-order valence-corrected chi connectivity index (χ0v) is 13.2. The first-order chi connectivity index (χ1) is 9.97. The molecule has 1 aromatic carbocycles. The lowest BCUT2D eigenvalue weighted by molar-refractivity contribution is -0.140. The second-order valence-electron chi connectivity index (χ2n) is 5.32. The number of rotatable bonds is 9. The van der Waals surface area contributed by atoms with Crippen molar-refractivity contribution in [2.45, 2.75) is 39.8 Å². The minimum Gasteiger partial charge on any atom is -0.493 e. The highest BCUT2D eigenvalue weighted by Gasteiger charge is 2.18. The van der Waals surface area contributed by atoms with Gasteiger partial charge in [-0.1, -0.05) is 19.9 Å². The third-order valence-electron chi connectivity index (χ3n) is 3.09. The lowest BCUT2D eigenvalue weighted by atomic mass is 10.0. The van der Waals surface area contributed by atoms with Crippen molar-refractivity contribution in [2.75, 3.05) is 13.7 Å². The summed E-state index contributed by atoms with van der Waals surface area (Å²) < 4.78 is 10.7. The molecule has 0 heterocycles. The van der Waals surface area contributed by atoms with Gasteiger partial charge in [0.05, 0.1) is 13.7 Å². The van der Waals surface area contributed by atoms with Gasteiger partial charge in [0.25, 0.3) is 0 Å². The maximum Gasteiger partial charge on any atom is 0.320 e. The Kier molecular flexibility index (Phi) is 7.02. The Morgan fingerprint density at radius 1 is 1.33 bits per heavy atom. The van der Waals surface area contributed by atoms with E-state index in [2.05, 4.69) is 5.32 Å². The molecule has 21 heavy (non-hydrogen) atoms. The molecule has 0 fully saturated rings. The molecule has 0 amide bonds. The number of carboxylic acids is 1. The second-order valence-corrected chi connectivity index (χ2v) is 5.32. The standard InChI is InChI=1S/C16H25NO4/c1-5-21-14-7-6-12(9-15(14)20-4)10-17-13(16(18)19)8-11(2)3/h6-7,9,11,13,17H,5,8,10H2,1-4H3,(H,18,19)/t13-/m0/s1. The van der Waals surface area contributed by atoms with Crippen LogP contribution in [-0.2, 0) is 11.3 Å². The van der Waals surface area contributed by atoms with E-state index in [4.69, 9.17) is 9.47 Å². The molecule has 0 aromatic heterocycles. The molecule has 1 aromatic rings. The van der Waals surface area contributed by atoms with Crippen LogP contribution >= 0.6 is 0 Å². The number of methoxy groups -OCH3 is 1. The highest BCUT2D eigenvalue weighted by atomic mass is 16.5. The smallest absolute Gasteiger partial charge is 0.320 e. The van der Waals surface area contributed by atoms with Crippen molar-refractivity contribution in [3.05, 3.63) is 23.8 Å². The number of hydrogen-bond acceptors (Lipinski definition) is 4. The fourth-order valence-electron chi connectivity index (χ4n) is 2.08. The second kappa shape index (κ2) is 8.52. The van der Waals surface area contributed by atoms with Crippen LogP contribution in [0.2, 0.25) is 0 Å². The van der Waals surface area contributed by atoms with Gasteiger partial charge in [-0.25, -0.2) is 0 Å². The van der Waals surface area contributed by atoms with Gasteiger partial charge in [-0.2, -0.15) is 0 Å². The first-order valence-corrected chi connectivity index (χ1v) is 7.23. The van der Waals surface area contributed by atoms with Gasteiger partial charge in [0, 0.05) is 6.54 Å². The quantitative estimate of drug-likeness (QED) is 0.733. The molecule has 0 aliphatic heterocycles. The molecule has 1 rings (SSSR count). The third-order valence-corrected chi connectivity index (χ3v) is 3.09. The molecule has 0 saturated carbocycles. The molecule has 0 spiro atoms. The Morgan fingerprint density at radius 3 is 2.57 bits per heavy atom. The molecule has 0 aliphatic carbocycles. The maximum atomic E-state index is 11.2. The van der Waals surface area contributed by atoms with Gasteiger partial charge < -0.3 is 19.9 Å². The first-order valence-electron chi connectivity index (χ1n) is 7.23. The largest absolute Gasteiger partial charge is 0.493 e. The van der Waals surface area contributed by atoms with Crippen LogP contribution < -0.4 is 14.8 Å². The van der Waals surface area contributed by atoms with E-state index >= 15 is 0 Å². The summed E-state index contributed by atoms with van der Waals surface area (Å²) in [6, 6.07) is 5.08. The fourth-order valence-corrected chi connectivity index (χ4v) is 2.08. The van der Waals surface area contributed by atoms with Gasteiger partial charge >= 0.3 is 5.97 Å². The van der Waals surface area contributed by atoms with Crippen LogP contribution in [0.5, 0.6) is 11.5 Å². The van der Waals surface area contributed by atoms with E-state index in [0.29, 0.717) is 37.0 Å². The molecule has 0 radical (unpaired) electrons. The fraction of sp³-hybridized carbons (Fsp3) is 0.562. The molecule has 118 valence electrons. The van der Waals surface area contributed by atoms with Crippen LogP contribution in [0.1, 0.15) is 32.8 Å². The number of carbonyl (C=O) groups is 1. The number of hydrogen-bond donors (Lipinski definition) is 2. The number of nitrogens with one attached hydrogen (secondary N) is 1. The van der Waals surface area contributed by atoms with E-state index in [1.165, 1.54) is 0 Å². The van der Waals surface area contributed by atoms with Crippen LogP contribution in [0.15, 0.2) is 18.2 Å². The van der Waals surface area contributed by atoms with Crippen molar-refractivity contribution in [1.29, 1.82) is 0 Å². The number of carboxylic acid groups (broad SMARTS) is 1. The van der Waals surface area contributed by atoms with E-state index in [0.717, 1.165) is 5.56 Å². The van der Waals surface area contributed by atoms with Gasteiger partial charge in [-0.15, -0.1) is 0 Å². The summed E-state index contributed by atoms with van der Waals surface area (Å²) in [4.78, 5) is 11.2. The van der Waals surface area contributed by atoms with E-state index in [1.54, 1.807) is 7.11 Å². The molecule has 0 bridgehead atoms. The minimum absolute atomic E-state index is 0.327. The minimum atomic E-state index is -0.818. The molecule has 5 nitrogen and oxygen atoms in total. The van der Waals surface area contributed by atoms with Crippen molar-refractivity contribution in [2.24, 2.45) is 5.92 Å². The Morgan fingerprint density at radius 2 is 2.05 bits per heavy atom. The first kappa shape index (κ1) is 17.3. The Bertz CT molecular complexity index is 460. The zero-order chi connectivity index (χ0) is 15.8. The van der Waals surface area contributed by atoms with E-state index in [9.17, 15) is 9.90 Å². The lowest BCUT2D eigenvalue weighted by Gasteiger charge is -2.17. The normalized spacial score (nSPS) is 12.2. The summed E-state index contributed by atoms with van der Waals surface area (Å²) >= 11 is 0. The van der Waals surface area contributed by atoms with Crippen LogP contribution in [0.25, 0.3) is 0 Å². The Labute approximate surface area is 126 Å². The monoisotopic (exact) mass is 295 g/mol. The zero-order valence-electron chi connectivity index (χ0n) is 13.2. The van der Waals surface area contributed by atoms with Gasteiger partial charge in [0.1, 0.15) is 6.04 Å². The summed E-state index contributed by atoms with van der Waals surface area (Å²) in [6.07, 6.45) is 0.601. The summed E-state index contributed by atoms with van der Waals surface area (Å²) in [5.74, 6) is 0.864. The van der Waals surface area contributed by atoms with Gasteiger partial charge in [-0.05, 0) is 37.0 Å². The summed E-state index contributed by atoms with van der Waals surface area (Å²) in [6.45, 7) is 6.99. The van der Waals surface area contributed by atoms with Crippen LogP contribution in [0.4, 0.5) is 0 Å². The molecule has 2 N–H and O–H groups in total. The van der Waals surface area contributed by atoms with Crippen LogP contribution in [0.3, 0.4) is 0 Å². The molecule has 5 heteroatoms. The molecular weight excluding hydrogens is 270 g/mol. The van der Waals surface area contributed by atoms with Crippen molar-refractivity contribution in [3.8, 4) is 11.5 Å². The molecular formula is C16H25NO4. The Balaban J connectivity index is 2.71. The predicted octanol–water partition coefficient (Wildman–Crippen LogP) is 2.68. The highest BCUT2D eigenvalue weighted by molar-refractivity contribution is 5.73. The Hall–Kier alpha value is -1.75. The van der Waals surface area contributed by atoms with E-state index in [-0.39, 0.29) is 0 Å². The van der Waals surface area contributed by atoms with Crippen molar-refractivity contribution in [1.82, 2.24) is 5.32 Å². The SMILES string of the molecule is CCOc1ccc(CN[C@@H](CC(C)C)C(=O)O)cc1OC. The molecule has 0 aliphatic rings. The number of ether oxygens (including phenoxy) is 2. The maximum absolute atomic E-state index is 11.2. The van der Waals surface area contributed by atoms with Gasteiger partial charge in [-0.3, -0.25) is 4.79 Å². The van der Waals surface area contributed by atoms with Crippen molar-refractivity contribution in [3.63, 3.8) is 0 Å². The van der Waals surface area contributed by atoms with E-state index in [1.807, 2.05) is 39.0 Å². The number of benzene rings is 1. The van der Waals surface area contributed by atoms with Gasteiger partial charge in [0.15, 0.2) is 11.5 Å². The number of aliphatic carboxylic acids is 1. The lowest BCUT2D eigenvalue weighted by Crippen LogP contribution is -2.37. The van der Waals surface area contributed by atoms with Crippen LogP contribution in [-0.4, -0.2) is 30.8 Å². The predicted molar refractivity (Wildman–Crippen MR) is 81.9 cm³/mol.